The monoisotopic (exact) mass is 443 g/mol. The maximum Gasteiger partial charge on any atom is 0.353 e. The fourth-order valence-corrected chi connectivity index (χ4v) is 3.30. The first kappa shape index (κ1) is 23.2. The second-order valence-corrected chi connectivity index (χ2v) is 9.07. The van der Waals surface area contributed by atoms with Crippen LogP contribution in [0.15, 0.2) is 30.7 Å². The number of esters is 1. The van der Waals surface area contributed by atoms with Crippen LogP contribution >= 0.6 is 0 Å². The van der Waals surface area contributed by atoms with Crippen molar-refractivity contribution >= 4 is 29.1 Å². The number of nitro groups is 1. The normalized spacial score (nSPS) is 14.8. The number of carbonyl (C=O) groups excluding carboxylic acids is 1. The van der Waals surface area contributed by atoms with Crippen molar-refractivity contribution in [2.75, 3.05) is 41.3 Å². The fraction of sp³-hybridized carbons (Fsp3) is 0.524. The van der Waals surface area contributed by atoms with Crippen molar-refractivity contribution in [2.24, 2.45) is 0 Å². The van der Waals surface area contributed by atoms with Crippen LogP contribution in [-0.2, 0) is 9.53 Å². The van der Waals surface area contributed by atoms with Crippen LogP contribution in [-0.4, -0.2) is 63.2 Å². The van der Waals surface area contributed by atoms with E-state index in [-0.39, 0.29) is 17.3 Å². The number of pyridine rings is 1. The van der Waals surface area contributed by atoms with E-state index in [4.69, 9.17) is 4.74 Å². The number of hydrogen-bond donors (Lipinski definition) is 1. The molecule has 0 spiro atoms. The van der Waals surface area contributed by atoms with Crippen LogP contribution in [0, 0.1) is 10.1 Å². The lowest BCUT2D eigenvalue weighted by atomic mass is 10.0. The molecule has 0 aromatic carbocycles. The highest BCUT2D eigenvalue weighted by Crippen LogP contribution is 2.34. The quantitative estimate of drug-likeness (QED) is 0.404. The summed E-state index contributed by atoms with van der Waals surface area (Å²) < 4.78 is 5.44. The van der Waals surface area contributed by atoms with Crippen molar-refractivity contribution in [3.8, 4) is 0 Å². The van der Waals surface area contributed by atoms with Crippen LogP contribution in [0.3, 0.4) is 0 Å². The van der Waals surface area contributed by atoms with Crippen LogP contribution in [0.4, 0.5) is 23.1 Å². The molecule has 3 heterocycles. The van der Waals surface area contributed by atoms with Gasteiger partial charge in [-0.05, 0) is 46.8 Å². The van der Waals surface area contributed by atoms with Crippen LogP contribution in [0.25, 0.3) is 0 Å². The largest absolute Gasteiger partial charge is 0.458 e. The minimum Gasteiger partial charge on any atom is -0.458 e. The van der Waals surface area contributed by atoms with Gasteiger partial charge in [0.2, 0.25) is 11.6 Å². The lowest BCUT2D eigenvalue weighted by Gasteiger charge is -2.36. The highest BCUT2D eigenvalue weighted by atomic mass is 16.6. The van der Waals surface area contributed by atoms with Crippen molar-refractivity contribution in [2.45, 2.75) is 45.8 Å². The summed E-state index contributed by atoms with van der Waals surface area (Å²) in [7, 11) is 0. The van der Waals surface area contributed by atoms with Crippen molar-refractivity contribution in [3.63, 3.8) is 0 Å². The summed E-state index contributed by atoms with van der Waals surface area (Å²) >= 11 is 0. The third-order valence-corrected chi connectivity index (χ3v) is 4.88. The van der Waals surface area contributed by atoms with Gasteiger partial charge in [-0.1, -0.05) is 6.07 Å². The van der Waals surface area contributed by atoms with Gasteiger partial charge in [-0.15, -0.1) is 0 Å². The van der Waals surface area contributed by atoms with Gasteiger partial charge in [0.05, 0.1) is 4.92 Å². The van der Waals surface area contributed by atoms with Crippen LogP contribution < -0.4 is 15.1 Å². The van der Waals surface area contributed by atoms with Gasteiger partial charge >= 0.3 is 11.7 Å². The van der Waals surface area contributed by atoms with Crippen molar-refractivity contribution in [1.82, 2.24) is 15.0 Å². The lowest BCUT2D eigenvalue weighted by Crippen LogP contribution is -2.47. The molecule has 32 heavy (non-hydrogen) atoms. The minimum atomic E-state index is -1.23. The molecule has 11 heteroatoms. The van der Waals surface area contributed by atoms with Crippen LogP contribution in [0.2, 0.25) is 0 Å². The van der Waals surface area contributed by atoms with E-state index < -0.39 is 22.0 Å². The number of rotatable bonds is 6. The molecule has 0 unspecified atom stereocenters. The molecule has 3 rings (SSSR count). The predicted octanol–water partition coefficient (Wildman–Crippen LogP) is 2.64. The topological polar surface area (TPSA) is 127 Å². The van der Waals surface area contributed by atoms with Gasteiger partial charge in [0, 0.05) is 32.4 Å². The lowest BCUT2D eigenvalue weighted by molar-refractivity contribution is -0.383. The maximum absolute atomic E-state index is 12.6. The van der Waals surface area contributed by atoms with E-state index in [1.807, 2.05) is 23.1 Å². The van der Waals surface area contributed by atoms with E-state index in [1.165, 1.54) is 6.33 Å². The predicted molar refractivity (Wildman–Crippen MR) is 121 cm³/mol. The molecule has 2 aromatic rings. The third kappa shape index (κ3) is 5.40. The summed E-state index contributed by atoms with van der Waals surface area (Å²) in [5, 5.41) is 14.9. The molecule has 0 bridgehead atoms. The number of anilines is 3. The second-order valence-electron chi connectivity index (χ2n) is 9.07. The zero-order valence-electron chi connectivity index (χ0n) is 19.0. The Morgan fingerprint density at radius 2 is 1.72 bits per heavy atom. The van der Waals surface area contributed by atoms with Gasteiger partial charge in [-0.2, -0.15) is 0 Å². The zero-order chi connectivity index (χ0) is 23.5. The molecule has 0 aliphatic carbocycles. The standard InChI is InChI=1S/C21H29N7O4/c1-20(2,3)32-19(29)21(4,5)25-17-16(28(30)31)18(24-14-23-17)27-12-10-26(11-13-27)15-8-6-7-9-22-15/h6-9,14H,10-13H2,1-5H3,(H,23,24,25). The molecule has 1 aliphatic heterocycles. The number of hydrogen-bond acceptors (Lipinski definition) is 10. The van der Waals surface area contributed by atoms with E-state index in [0.717, 1.165) is 5.82 Å². The number of nitrogens with zero attached hydrogens (tertiary/aromatic N) is 6. The first-order valence-corrected chi connectivity index (χ1v) is 10.4. The second kappa shape index (κ2) is 8.93. The van der Waals surface area contributed by atoms with Gasteiger partial charge in [0.25, 0.3) is 0 Å². The van der Waals surface area contributed by atoms with Gasteiger partial charge < -0.3 is 19.9 Å². The molecule has 1 fully saturated rings. The van der Waals surface area contributed by atoms with E-state index in [2.05, 4.69) is 25.2 Å². The molecule has 0 radical (unpaired) electrons. The zero-order valence-corrected chi connectivity index (χ0v) is 19.0. The van der Waals surface area contributed by atoms with Crippen molar-refractivity contribution in [3.05, 3.63) is 40.8 Å². The number of aromatic nitrogens is 3. The summed E-state index contributed by atoms with van der Waals surface area (Å²) in [6.45, 7) is 10.8. The summed E-state index contributed by atoms with van der Waals surface area (Å²) in [6.07, 6.45) is 3.00. The van der Waals surface area contributed by atoms with E-state index >= 15 is 0 Å². The Bertz CT molecular complexity index is 968. The Kier molecular flexibility index (Phi) is 6.47. The highest BCUT2D eigenvalue weighted by molar-refractivity contribution is 5.85. The highest BCUT2D eigenvalue weighted by Gasteiger charge is 2.37. The smallest absolute Gasteiger partial charge is 0.353 e. The number of carbonyl (C=O) groups is 1. The molecule has 2 aromatic heterocycles. The average molecular weight is 444 g/mol. The molecule has 1 N–H and O–H groups in total. The van der Waals surface area contributed by atoms with Crippen molar-refractivity contribution in [1.29, 1.82) is 0 Å². The Morgan fingerprint density at radius 1 is 1.06 bits per heavy atom. The van der Waals surface area contributed by atoms with Gasteiger partial charge in [-0.25, -0.2) is 19.7 Å². The Morgan fingerprint density at radius 3 is 2.28 bits per heavy atom. The summed E-state index contributed by atoms with van der Waals surface area (Å²) in [5.41, 5.74) is -2.19. The average Bonchev–Trinajstić information content (AvgIpc) is 2.72. The fourth-order valence-electron chi connectivity index (χ4n) is 3.30. The molecule has 0 saturated carbocycles. The van der Waals surface area contributed by atoms with Crippen LogP contribution in [0.5, 0.6) is 0 Å². The molecule has 0 atom stereocenters. The molecular formula is C21H29N7O4. The number of ether oxygens (including phenoxy) is 1. The SMILES string of the molecule is CC(C)(C)OC(=O)C(C)(C)Nc1ncnc(N2CCN(c3ccccn3)CC2)c1[N+](=O)[O-]. The molecule has 0 amide bonds. The molecular weight excluding hydrogens is 414 g/mol. The Hall–Kier alpha value is -3.50. The van der Waals surface area contributed by atoms with E-state index in [1.54, 1.807) is 40.8 Å². The third-order valence-electron chi connectivity index (χ3n) is 4.88. The Labute approximate surface area is 187 Å². The molecule has 1 aliphatic rings. The number of nitrogens with one attached hydrogen (secondary N) is 1. The van der Waals surface area contributed by atoms with Gasteiger partial charge in [0.1, 0.15) is 23.3 Å². The Balaban J connectivity index is 1.81. The summed E-state index contributed by atoms with van der Waals surface area (Å²) in [5.74, 6) is 0.519. The molecule has 172 valence electrons. The van der Waals surface area contributed by atoms with Gasteiger partial charge in [-0.3, -0.25) is 10.1 Å². The minimum absolute atomic E-state index is 0.0250. The molecule has 11 nitrogen and oxygen atoms in total. The molecule has 1 saturated heterocycles. The van der Waals surface area contributed by atoms with Crippen LogP contribution in [0.1, 0.15) is 34.6 Å². The summed E-state index contributed by atoms with van der Waals surface area (Å²) in [6, 6.07) is 5.72. The first-order valence-electron chi connectivity index (χ1n) is 10.4. The van der Waals surface area contributed by atoms with Crippen molar-refractivity contribution < 1.29 is 14.5 Å². The first-order chi connectivity index (χ1) is 15.0. The van der Waals surface area contributed by atoms with E-state index in [0.29, 0.717) is 26.2 Å². The number of piperazine rings is 1. The van der Waals surface area contributed by atoms with E-state index in [9.17, 15) is 14.9 Å². The maximum atomic E-state index is 12.6. The summed E-state index contributed by atoms with van der Waals surface area (Å²) in [4.78, 5) is 40.7. The van der Waals surface area contributed by atoms with Gasteiger partial charge in [0.15, 0.2) is 0 Å².